The van der Waals surface area contributed by atoms with Gasteiger partial charge < -0.3 is 14.8 Å². The molecule has 1 amide bonds. The number of sulfonamides is 1. The lowest BCUT2D eigenvalue weighted by molar-refractivity contribution is -0.121. The minimum absolute atomic E-state index is 0.0184. The fraction of sp³-hybridized carbons (Fsp3) is 0.208. The molecule has 3 aromatic carbocycles. The summed E-state index contributed by atoms with van der Waals surface area (Å²) in [4.78, 5) is 12.7. The maximum atomic E-state index is 13.3. The summed E-state index contributed by atoms with van der Waals surface area (Å²) < 4.78 is 38.5. The molecule has 0 aliphatic carbocycles. The number of nitrogens with one attached hydrogen (secondary N) is 1. The van der Waals surface area contributed by atoms with Gasteiger partial charge in [0.05, 0.1) is 10.6 Å². The van der Waals surface area contributed by atoms with Gasteiger partial charge in [-0.2, -0.15) is 0 Å². The van der Waals surface area contributed by atoms with Crippen molar-refractivity contribution in [3.8, 4) is 11.5 Å². The zero-order chi connectivity index (χ0) is 22.6. The summed E-state index contributed by atoms with van der Waals surface area (Å²) in [5, 5.41) is 2.84. The van der Waals surface area contributed by atoms with Gasteiger partial charge in [-0.15, -0.1) is 0 Å². The molecule has 0 spiro atoms. The van der Waals surface area contributed by atoms with E-state index in [0.29, 0.717) is 23.7 Å². The molecule has 0 bridgehead atoms. The van der Waals surface area contributed by atoms with Gasteiger partial charge in [0.1, 0.15) is 0 Å². The van der Waals surface area contributed by atoms with Crippen molar-refractivity contribution in [2.45, 2.75) is 24.8 Å². The van der Waals surface area contributed by atoms with Gasteiger partial charge in [-0.1, -0.05) is 42.0 Å². The Morgan fingerprint density at radius 2 is 1.69 bits per heavy atom. The van der Waals surface area contributed by atoms with Crippen LogP contribution in [0.15, 0.2) is 77.7 Å². The third kappa shape index (κ3) is 4.86. The molecule has 0 aromatic heterocycles. The summed E-state index contributed by atoms with van der Waals surface area (Å²) in [5.74, 6) is 1.08. The Hall–Kier alpha value is -3.52. The maximum Gasteiger partial charge on any atom is 0.264 e. The van der Waals surface area contributed by atoms with Crippen LogP contribution in [-0.4, -0.2) is 27.7 Å². The number of anilines is 1. The van der Waals surface area contributed by atoms with Crippen LogP contribution in [0.4, 0.5) is 5.69 Å². The number of carbonyl (C=O) groups is 1. The first kappa shape index (κ1) is 21.7. The molecule has 7 nitrogen and oxygen atoms in total. The molecule has 0 saturated heterocycles. The summed E-state index contributed by atoms with van der Waals surface area (Å²) in [5.41, 5.74) is 2.35. The van der Waals surface area contributed by atoms with Crippen molar-refractivity contribution in [2.75, 3.05) is 17.6 Å². The third-order valence-corrected chi connectivity index (χ3v) is 6.96. The molecule has 8 heteroatoms. The molecule has 0 saturated carbocycles. The summed E-state index contributed by atoms with van der Waals surface area (Å²) in [6, 6.07) is 21.0. The average Bonchev–Trinajstić information content (AvgIpc) is 3.26. The van der Waals surface area contributed by atoms with E-state index in [0.717, 1.165) is 11.1 Å². The molecule has 4 rings (SSSR count). The molecule has 1 N–H and O–H groups in total. The van der Waals surface area contributed by atoms with Crippen molar-refractivity contribution < 1.29 is 22.7 Å². The molecule has 0 radical (unpaired) electrons. The number of hydrogen-bond donors (Lipinski definition) is 1. The van der Waals surface area contributed by atoms with Crippen LogP contribution in [0.1, 0.15) is 17.5 Å². The monoisotopic (exact) mass is 452 g/mol. The van der Waals surface area contributed by atoms with Gasteiger partial charge in [0.25, 0.3) is 10.0 Å². The van der Waals surface area contributed by atoms with Crippen LogP contribution in [0.3, 0.4) is 0 Å². The summed E-state index contributed by atoms with van der Waals surface area (Å²) in [6.07, 6.45) is 0.0184. The van der Waals surface area contributed by atoms with Gasteiger partial charge in [-0.05, 0) is 48.9 Å². The average molecular weight is 453 g/mol. The van der Waals surface area contributed by atoms with Gasteiger partial charge >= 0.3 is 0 Å². The van der Waals surface area contributed by atoms with Crippen LogP contribution in [-0.2, 0) is 21.4 Å². The molecular weight excluding hydrogens is 428 g/mol. The number of ether oxygens (including phenoxy) is 2. The van der Waals surface area contributed by atoms with E-state index in [1.165, 1.54) is 4.31 Å². The highest BCUT2D eigenvalue weighted by Crippen LogP contribution is 2.32. The van der Waals surface area contributed by atoms with Gasteiger partial charge in [0.15, 0.2) is 11.5 Å². The lowest BCUT2D eigenvalue weighted by Gasteiger charge is -2.24. The van der Waals surface area contributed by atoms with Crippen LogP contribution in [0.5, 0.6) is 11.5 Å². The molecule has 1 aliphatic rings. The lowest BCUT2D eigenvalue weighted by atomic mass is 10.2. The number of fused-ring (bicyclic) bond motifs is 1. The van der Waals surface area contributed by atoms with E-state index in [-0.39, 0.29) is 30.6 Å². The van der Waals surface area contributed by atoms with Crippen molar-refractivity contribution in [3.05, 3.63) is 83.9 Å². The Bertz CT molecular complexity index is 1190. The Kier molecular flexibility index (Phi) is 6.32. The normalized spacial score (nSPS) is 12.4. The van der Waals surface area contributed by atoms with E-state index in [4.69, 9.17) is 9.47 Å². The number of rotatable bonds is 8. The fourth-order valence-electron chi connectivity index (χ4n) is 3.36. The number of carbonyl (C=O) groups excluding carboxylic acids is 1. The topological polar surface area (TPSA) is 84.9 Å². The van der Waals surface area contributed by atoms with E-state index >= 15 is 0 Å². The lowest BCUT2D eigenvalue weighted by Crippen LogP contribution is -2.35. The van der Waals surface area contributed by atoms with Crippen molar-refractivity contribution >= 4 is 21.6 Å². The molecule has 3 aromatic rings. The number of aryl methyl sites for hydroxylation is 1. The Labute approximate surface area is 187 Å². The smallest absolute Gasteiger partial charge is 0.264 e. The molecule has 1 aliphatic heterocycles. The highest BCUT2D eigenvalue weighted by Gasteiger charge is 2.25. The largest absolute Gasteiger partial charge is 0.454 e. The van der Waals surface area contributed by atoms with Crippen molar-refractivity contribution in [2.24, 2.45) is 0 Å². The van der Waals surface area contributed by atoms with Crippen molar-refractivity contribution in [1.82, 2.24) is 5.32 Å². The first-order valence-electron chi connectivity index (χ1n) is 10.2. The van der Waals surface area contributed by atoms with E-state index in [1.54, 1.807) is 54.6 Å². The van der Waals surface area contributed by atoms with Crippen molar-refractivity contribution in [3.63, 3.8) is 0 Å². The number of amides is 1. The van der Waals surface area contributed by atoms with Crippen LogP contribution < -0.4 is 19.1 Å². The number of benzene rings is 3. The standard InChI is InChI=1S/C24H24N2O5S/c1-18-7-10-21(11-8-18)32(28,29)26(20-5-3-2-4-6-20)14-13-24(27)25-16-19-9-12-22-23(15-19)31-17-30-22/h2-12,15H,13-14,16-17H2,1H3,(H,25,27). The second kappa shape index (κ2) is 9.32. The predicted octanol–water partition coefficient (Wildman–Crippen LogP) is 3.63. The quantitative estimate of drug-likeness (QED) is 0.564. The van der Waals surface area contributed by atoms with Crippen LogP contribution in [0.25, 0.3) is 0 Å². The summed E-state index contributed by atoms with van der Waals surface area (Å²) >= 11 is 0. The summed E-state index contributed by atoms with van der Waals surface area (Å²) in [7, 11) is -3.82. The second-order valence-electron chi connectivity index (χ2n) is 7.44. The zero-order valence-corrected chi connectivity index (χ0v) is 18.5. The molecule has 0 atom stereocenters. The molecule has 0 fully saturated rings. The highest BCUT2D eigenvalue weighted by molar-refractivity contribution is 7.92. The van der Waals surface area contributed by atoms with Crippen LogP contribution in [0, 0.1) is 6.92 Å². The number of nitrogens with zero attached hydrogens (tertiary/aromatic N) is 1. The van der Waals surface area contributed by atoms with Gasteiger partial charge in [0.2, 0.25) is 12.7 Å². The SMILES string of the molecule is Cc1ccc(S(=O)(=O)N(CCC(=O)NCc2ccc3c(c2)OCO3)c2ccccc2)cc1. The minimum Gasteiger partial charge on any atom is -0.454 e. The first-order valence-corrected chi connectivity index (χ1v) is 11.7. The minimum atomic E-state index is -3.82. The number of hydrogen-bond acceptors (Lipinski definition) is 5. The first-order chi connectivity index (χ1) is 15.4. The van der Waals surface area contributed by atoms with Gasteiger partial charge in [0, 0.05) is 19.5 Å². The number of para-hydroxylation sites is 1. The van der Waals surface area contributed by atoms with E-state index in [2.05, 4.69) is 5.32 Å². The van der Waals surface area contributed by atoms with Crippen LogP contribution in [0.2, 0.25) is 0 Å². The Balaban J connectivity index is 1.44. The van der Waals surface area contributed by atoms with E-state index < -0.39 is 10.0 Å². The summed E-state index contributed by atoms with van der Waals surface area (Å²) in [6.45, 7) is 2.42. The Morgan fingerprint density at radius 3 is 2.44 bits per heavy atom. The zero-order valence-electron chi connectivity index (χ0n) is 17.7. The predicted molar refractivity (Wildman–Crippen MR) is 121 cm³/mol. The molecule has 1 heterocycles. The fourth-order valence-corrected chi connectivity index (χ4v) is 4.83. The molecular formula is C24H24N2O5S. The van der Waals surface area contributed by atoms with E-state index in [1.807, 2.05) is 25.1 Å². The van der Waals surface area contributed by atoms with Gasteiger partial charge in [-0.25, -0.2) is 8.42 Å². The van der Waals surface area contributed by atoms with E-state index in [9.17, 15) is 13.2 Å². The highest BCUT2D eigenvalue weighted by atomic mass is 32.2. The maximum absolute atomic E-state index is 13.3. The molecule has 0 unspecified atom stereocenters. The Morgan fingerprint density at radius 1 is 0.969 bits per heavy atom. The second-order valence-corrected chi connectivity index (χ2v) is 9.30. The molecule has 32 heavy (non-hydrogen) atoms. The third-order valence-electron chi connectivity index (χ3n) is 5.12. The molecule has 166 valence electrons. The van der Waals surface area contributed by atoms with Crippen molar-refractivity contribution in [1.29, 1.82) is 0 Å². The van der Waals surface area contributed by atoms with Crippen LogP contribution >= 0.6 is 0 Å². The van der Waals surface area contributed by atoms with Gasteiger partial charge in [-0.3, -0.25) is 9.10 Å².